The van der Waals surface area contributed by atoms with Gasteiger partial charge in [-0.3, -0.25) is 0 Å². The predicted octanol–water partition coefficient (Wildman–Crippen LogP) is 1.88. The molecule has 114 valence electrons. The van der Waals surface area contributed by atoms with Gasteiger partial charge in [0.25, 0.3) is 0 Å². The Bertz CT molecular complexity index is 429. The van der Waals surface area contributed by atoms with Crippen LogP contribution in [-0.4, -0.2) is 51.9 Å². The quantitative estimate of drug-likeness (QED) is 0.538. The van der Waals surface area contributed by atoms with Gasteiger partial charge in [-0.05, 0) is 54.1 Å². The maximum Gasteiger partial charge on any atom is 0.376 e. The number of ether oxygens (including phenoxy) is 1. The highest BCUT2D eigenvalue weighted by atomic mass is 16.5. The lowest BCUT2D eigenvalue weighted by molar-refractivity contribution is 0.0505. The van der Waals surface area contributed by atoms with Gasteiger partial charge in [0.1, 0.15) is 5.82 Å². The number of carbonyl (C=O) groups is 1. The van der Waals surface area contributed by atoms with E-state index >= 15 is 0 Å². The van der Waals surface area contributed by atoms with Crippen LogP contribution >= 0.6 is 0 Å². The van der Waals surface area contributed by atoms with E-state index in [0.29, 0.717) is 18.5 Å². The number of nitrogens with zero attached hydrogens (tertiary/aromatic N) is 4. The molecule has 1 aromatic heterocycles. The zero-order valence-corrected chi connectivity index (χ0v) is 13.2. The molecule has 0 unspecified atom stereocenters. The van der Waals surface area contributed by atoms with Crippen molar-refractivity contribution in [2.24, 2.45) is 0 Å². The van der Waals surface area contributed by atoms with Gasteiger partial charge in [-0.1, -0.05) is 0 Å². The molecule has 6 heteroatoms. The molecule has 6 nitrogen and oxygen atoms in total. The van der Waals surface area contributed by atoms with E-state index in [4.69, 9.17) is 4.74 Å². The Labute approximate surface area is 121 Å². The summed E-state index contributed by atoms with van der Waals surface area (Å²) >= 11 is 0. The third-order valence-electron chi connectivity index (χ3n) is 3.42. The van der Waals surface area contributed by atoms with Crippen molar-refractivity contribution in [3.05, 3.63) is 11.6 Å². The van der Waals surface area contributed by atoms with Gasteiger partial charge in [0.15, 0.2) is 0 Å². The Kier molecular flexibility index (Phi) is 6.64. The molecule has 0 aromatic carbocycles. The summed E-state index contributed by atoms with van der Waals surface area (Å²) in [7, 11) is 2.12. The maximum atomic E-state index is 11.8. The normalized spacial score (nSPS) is 11.3. The minimum Gasteiger partial charge on any atom is -0.460 e. The summed E-state index contributed by atoms with van der Waals surface area (Å²) in [5.74, 6) is 0.666. The Hall–Kier alpha value is -1.43. The summed E-state index contributed by atoms with van der Waals surface area (Å²) in [5.41, 5.74) is 0. The molecule has 0 saturated heterocycles. The van der Waals surface area contributed by atoms with Gasteiger partial charge in [0.2, 0.25) is 5.82 Å². The number of aryl methyl sites for hydroxylation is 1. The van der Waals surface area contributed by atoms with Crippen molar-refractivity contribution in [3.8, 4) is 0 Å². The van der Waals surface area contributed by atoms with Gasteiger partial charge in [0, 0.05) is 12.6 Å². The molecule has 0 atom stereocenters. The first-order valence-corrected chi connectivity index (χ1v) is 7.24. The highest BCUT2D eigenvalue weighted by Gasteiger charge is 2.17. The fraction of sp³-hybridized carbons (Fsp3) is 0.786. The van der Waals surface area contributed by atoms with Gasteiger partial charge >= 0.3 is 5.97 Å². The molecule has 0 amide bonds. The molecule has 20 heavy (non-hydrogen) atoms. The highest BCUT2D eigenvalue weighted by molar-refractivity contribution is 5.85. The molecule has 0 saturated carbocycles. The van der Waals surface area contributed by atoms with Gasteiger partial charge in [-0.25, -0.2) is 4.79 Å². The van der Waals surface area contributed by atoms with Crippen molar-refractivity contribution in [2.45, 2.75) is 53.1 Å². The van der Waals surface area contributed by atoms with E-state index in [1.54, 1.807) is 6.92 Å². The fourth-order valence-electron chi connectivity index (χ4n) is 1.88. The maximum absolute atomic E-state index is 11.8. The van der Waals surface area contributed by atoms with E-state index in [0.717, 1.165) is 31.8 Å². The number of hydrogen-bond donors (Lipinski definition) is 0. The molecular formula is C14H26N4O2. The van der Waals surface area contributed by atoms with Crippen LogP contribution in [0.3, 0.4) is 0 Å². The Morgan fingerprint density at radius 3 is 2.65 bits per heavy atom. The van der Waals surface area contributed by atoms with E-state index in [9.17, 15) is 4.79 Å². The van der Waals surface area contributed by atoms with Crippen molar-refractivity contribution in [3.63, 3.8) is 0 Å². The standard InChI is InChI=1S/C14H26N4O2/c1-6-20-14(19)13-16-15-12(4)18(13)10-8-7-9-17(5)11(2)3/h11H,6-10H2,1-5H3. The Morgan fingerprint density at radius 1 is 1.35 bits per heavy atom. The SMILES string of the molecule is CCOC(=O)c1nnc(C)n1CCCCN(C)C(C)C. The van der Waals surface area contributed by atoms with Gasteiger partial charge in [-0.2, -0.15) is 0 Å². The van der Waals surface area contributed by atoms with Crippen molar-refractivity contribution in [2.75, 3.05) is 20.2 Å². The van der Waals surface area contributed by atoms with Crippen LogP contribution < -0.4 is 0 Å². The molecule has 0 radical (unpaired) electrons. The van der Waals surface area contributed by atoms with Crippen molar-refractivity contribution in [1.29, 1.82) is 0 Å². The van der Waals surface area contributed by atoms with Gasteiger partial charge < -0.3 is 14.2 Å². The third-order valence-corrected chi connectivity index (χ3v) is 3.42. The second-order valence-electron chi connectivity index (χ2n) is 5.22. The van der Waals surface area contributed by atoms with Crippen molar-refractivity contribution >= 4 is 5.97 Å². The summed E-state index contributed by atoms with van der Waals surface area (Å²) < 4.78 is 6.83. The van der Waals surface area contributed by atoms with Crippen LogP contribution in [0, 0.1) is 6.92 Å². The van der Waals surface area contributed by atoms with Crippen LogP contribution in [-0.2, 0) is 11.3 Å². The van der Waals surface area contributed by atoms with Crippen LogP contribution in [0.25, 0.3) is 0 Å². The van der Waals surface area contributed by atoms with E-state index < -0.39 is 5.97 Å². The van der Waals surface area contributed by atoms with E-state index in [1.165, 1.54) is 0 Å². The van der Waals surface area contributed by atoms with E-state index in [-0.39, 0.29) is 0 Å². The summed E-state index contributed by atoms with van der Waals surface area (Å²) in [6.07, 6.45) is 2.07. The van der Waals surface area contributed by atoms with Gasteiger partial charge in [-0.15, -0.1) is 10.2 Å². The first-order valence-electron chi connectivity index (χ1n) is 7.24. The van der Waals surface area contributed by atoms with Crippen molar-refractivity contribution in [1.82, 2.24) is 19.7 Å². The number of rotatable bonds is 8. The van der Waals surface area contributed by atoms with Gasteiger partial charge in [0.05, 0.1) is 6.61 Å². The van der Waals surface area contributed by atoms with Crippen molar-refractivity contribution < 1.29 is 9.53 Å². The molecule has 0 bridgehead atoms. The average molecular weight is 282 g/mol. The largest absolute Gasteiger partial charge is 0.460 e. The second-order valence-corrected chi connectivity index (χ2v) is 5.22. The van der Waals surface area contributed by atoms with Crippen LogP contribution in [0.5, 0.6) is 0 Å². The average Bonchev–Trinajstić information content (AvgIpc) is 2.76. The molecular weight excluding hydrogens is 256 g/mol. The Morgan fingerprint density at radius 2 is 2.05 bits per heavy atom. The lowest BCUT2D eigenvalue weighted by atomic mass is 10.2. The molecule has 0 aliphatic rings. The number of esters is 1. The van der Waals surface area contributed by atoms with Crippen LogP contribution in [0.1, 0.15) is 50.1 Å². The number of aromatic nitrogens is 3. The second kappa shape index (κ2) is 7.99. The van der Waals surface area contributed by atoms with Crippen LogP contribution in [0.15, 0.2) is 0 Å². The smallest absolute Gasteiger partial charge is 0.376 e. The molecule has 0 aliphatic heterocycles. The zero-order chi connectivity index (χ0) is 15.1. The number of unbranched alkanes of at least 4 members (excludes halogenated alkanes) is 1. The van der Waals surface area contributed by atoms with Crippen LogP contribution in [0.4, 0.5) is 0 Å². The topological polar surface area (TPSA) is 60.2 Å². The minimum absolute atomic E-state index is 0.307. The molecule has 1 aromatic rings. The molecule has 0 fully saturated rings. The Balaban J connectivity index is 2.51. The number of carbonyl (C=O) groups excluding carboxylic acids is 1. The lowest BCUT2D eigenvalue weighted by Gasteiger charge is -2.20. The monoisotopic (exact) mass is 282 g/mol. The summed E-state index contributed by atoms with van der Waals surface area (Å²) in [5, 5.41) is 7.87. The molecule has 0 spiro atoms. The zero-order valence-electron chi connectivity index (χ0n) is 13.2. The molecule has 1 heterocycles. The first kappa shape index (κ1) is 16.6. The molecule has 0 N–H and O–H groups in total. The summed E-state index contributed by atoms with van der Waals surface area (Å²) in [6.45, 7) is 10.2. The fourth-order valence-corrected chi connectivity index (χ4v) is 1.88. The first-order chi connectivity index (χ1) is 9.47. The van der Waals surface area contributed by atoms with E-state index in [2.05, 4.69) is 36.0 Å². The highest BCUT2D eigenvalue weighted by Crippen LogP contribution is 2.07. The molecule has 1 rings (SSSR count). The lowest BCUT2D eigenvalue weighted by Crippen LogP contribution is -2.27. The molecule has 0 aliphatic carbocycles. The third kappa shape index (κ3) is 4.59. The minimum atomic E-state index is -0.396. The summed E-state index contributed by atoms with van der Waals surface area (Å²) in [6, 6.07) is 0.557. The number of hydrogen-bond acceptors (Lipinski definition) is 5. The summed E-state index contributed by atoms with van der Waals surface area (Å²) in [4.78, 5) is 14.1. The van der Waals surface area contributed by atoms with E-state index in [1.807, 2.05) is 11.5 Å². The van der Waals surface area contributed by atoms with Crippen LogP contribution in [0.2, 0.25) is 0 Å². The predicted molar refractivity (Wildman–Crippen MR) is 77.7 cm³/mol.